The Hall–Kier alpha value is -2.82. The van der Waals surface area contributed by atoms with E-state index < -0.39 is 0 Å². The molecule has 0 aliphatic carbocycles. The Morgan fingerprint density at radius 1 is 1.24 bits per heavy atom. The van der Waals surface area contributed by atoms with Gasteiger partial charge in [0.15, 0.2) is 0 Å². The molecule has 5 heteroatoms. The van der Waals surface area contributed by atoms with Crippen molar-refractivity contribution in [3.8, 4) is 11.4 Å². The highest BCUT2D eigenvalue weighted by atomic mass is 19.1. The van der Waals surface area contributed by atoms with Crippen LogP contribution >= 0.6 is 0 Å². The van der Waals surface area contributed by atoms with Gasteiger partial charge in [-0.2, -0.15) is 0 Å². The van der Waals surface area contributed by atoms with Crippen LogP contribution < -0.4 is 0 Å². The average Bonchev–Trinajstić information content (AvgIpc) is 2.85. The van der Waals surface area contributed by atoms with Crippen LogP contribution in [0.5, 0.6) is 0 Å². The van der Waals surface area contributed by atoms with Crippen molar-refractivity contribution < 1.29 is 4.39 Å². The lowest BCUT2D eigenvalue weighted by molar-refractivity contribution is 0.622. The second-order valence-corrected chi connectivity index (χ2v) is 4.50. The van der Waals surface area contributed by atoms with E-state index in [1.807, 2.05) is 12.1 Å². The van der Waals surface area contributed by atoms with Crippen LogP contribution in [0.25, 0.3) is 28.5 Å². The molecule has 0 amide bonds. The number of halogens is 1. The largest absolute Gasteiger partial charge is 0.339 e. The monoisotopic (exact) mass is 280 g/mol. The smallest absolute Gasteiger partial charge is 0.141 e. The molecule has 104 valence electrons. The van der Waals surface area contributed by atoms with Crippen LogP contribution in [-0.2, 0) is 0 Å². The maximum Gasteiger partial charge on any atom is 0.141 e. The van der Waals surface area contributed by atoms with Crippen LogP contribution in [0.1, 0.15) is 11.3 Å². The topological polar surface area (TPSA) is 53.9 Å². The summed E-state index contributed by atoms with van der Waals surface area (Å²) in [5.41, 5.74) is 3.85. The van der Waals surface area contributed by atoms with Gasteiger partial charge in [0, 0.05) is 29.9 Å². The molecule has 0 saturated carbocycles. The highest BCUT2D eigenvalue weighted by molar-refractivity contribution is 6.02. The predicted octanol–water partition coefficient (Wildman–Crippen LogP) is 3.46. The van der Waals surface area contributed by atoms with E-state index in [0.717, 1.165) is 22.3 Å². The Bertz CT molecular complexity index is 831. The number of fused-ring (bicyclic) bond motifs is 1. The fourth-order valence-corrected chi connectivity index (χ4v) is 2.21. The number of aromatic nitrogens is 3. The van der Waals surface area contributed by atoms with Gasteiger partial charge in [-0.1, -0.05) is 6.58 Å². The molecule has 3 aromatic rings. The molecular formula is C16H13FN4. The normalized spacial score (nSPS) is 11.3. The van der Waals surface area contributed by atoms with Crippen molar-refractivity contribution in [2.75, 3.05) is 7.05 Å². The van der Waals surface area contributed by atoms with Crippen LogP contribution in [-0.4, -0.2) is 28.2 Å². The standard InChI is InChI=1S/C16H13FN4/c1-3-13-12(9-18-2)11-5-7-15(21-16(11)20-13)14-6-4-10(17)8-19-14/h3-9H,1H2,2H3,(H,20,21). The molecule has 3 heterocycles. The van der Waals surface area contributed by atoms with Crippen LogP contribution in [0.2, 0.25) is 0 Å². The third kappa shape index (κ3) is 2.33. The summed E-state index contributed by atoms with van der Waals surface area (Å²) < 4.78 is 12.9. The summed E-state index contributed by atoms with van der Waals surface area (Å²) in [5.74, 6) is -0.366. The Morgan fingerprint density at radius 3 is 2.71 bits per heavy atom. The Kier molecular flexibility index (Phi) is 3.31. The minimum Gasteiger partial charge on any atom is -0.339 e. The van der Waals surface area contributed by atoms with E-state index >= 15 is 0 Å². The van der Waals surface area contributed by atoms with Gasteiger partial charge in [-0.3, -0.25) is 9.98 Å². The molecule has 0 bridgehead atoms. The molecule has 0 unspecified atom stereocenters. The number of pyridine rings is 2. The van der Waals surface area contributed by atoms with Gasteiger partial charge >= 0.3 is 0 Å². The number of hydrogen-bond donors (Lipinski definition) is 1. The predicted molar refractivity (Wildman–Crippen MR) is 82.9 cm³/mol. The van der Waals surface area contributed by atoms with E-state index in [2.05, 4.69) is 26.5 Å². The van der Waals surface area contributed by atoms with Crippen molar-refractivity contribution in [2.45, 2.75) is 0 Å². The summed E-state index contributed by atoms with van der Waals surface area (Å²) in [5, 5.41) is 0.960. The summed E-state index contributed by atoms with van der Waals surface area (Å²) >= 11 is 0. The molecule has 3 rings (SSSR count). The lowest BCUT2D eigenvalue weighted by Crippen LogP contribution is -1.89. The molecular weight excluding hydrogens is 267 g/mol. The van der Waals surface area contributed by atoms with Gasteiger partial charge in [-0.05, 0) is 30.3 Å². The third-order valence-corrected chi connectivity index (χ3v) is 3.18. The van der Waals surface area contributed by atoms with E-state index in [-0.39, 0.29) is 5.82 Å². The van der Waals surface area contributed by atoms with Crippen molar-refractivity contribution in [3.05, 3.63) is 54.1 Å². The lowest BCUT2D eigenvalue weighted by Gasteiger charge is -2.00. The zero-order valence-corrected chi connectivity index (χ0v) is 11.5. The highest BCUT2D eigenvalue weighted by Crippen LogP contribution is 2.24. The number of H-pyrrole nitrogens is 1. The molecule has 0 saturated heterocycles. The highest BCUT2D eigenvalue weighted by Gasteiger charge is 2.10. The fourth-order valence-electron chi connectivity index (χ4n) is 2.21. The molecule has 3 aromatic heterocycles. The summed E-state index contributed by atoms with van der Waals surface area (Å²) in [6.07, 6.45) is 4.68. The van der Waals surface area contributed by atoms with E-state index in [4.69, 9.17) is 0 Å². The van der Waals surface area contributed by atoms with Crippen molar-refractivity contribution in [1.29, 1.82) is 0 Å². The number of rotatable bonds is 3. The summed E-state index contributed by atoms with van der Waals surface area (Å²) in [6.45, 7) is 3.78. The molecule has 1 N–H and O–H groups in total. The van der Waals surface area contributed by atoms with Crippen molar-refractivity contribution >= 4 is 23.3 Å². The van der Waals surface area contributed by atoms with Crippen LogP contribution in [0.15, 0.2) is 42.0 Å². The number of aromatic amines is 1. The first-order valence-electron chi connectivity index (χ1n) is 6.42. The molecule has 0 fully saturated rings. The first-order chi connectivity index (χ1) is 10.2. The van der Waals surface area contributed by atoms with Gasteiger partial charge in [0.1, 0.15) is 11.5 Å². The van der Waals surface area contributed by atoms with Crippen LogP contribution in [0.3, 0.4) is 0 Å². The fraction of sp³-hybridized carbons (Fsp3) is 0.0625. The maximum atomic E-state index is 12.9. The summed E-state index contributed by atoms with van der Waals surface area (Å²) in [6, 6.07) is 6.78. The minimum absolute atomic E-state index is 0.366. The SMILES string of the molecule is C=Cc1[nH]c2nc(-c3ccc(F)cn3)ccc2c1C=NC. The Morgan fingerprint density at radius 2 is 2.05 bits per heavy atom. The van der Waals surface area contributed by atoms with Gasteiger partial charge in [-0.25, -0.2) is 9.37 Å². The lowest BCUT2D eigenvalue weighted by atomic mass is 10.1. The summed E-state index contributed by atoms with van der Waals surface area (Å²) in [4.78, 5) is 15.8. The molecule has 4 nitrogen and oxygen atoms in total. The Labute approximate surface area is 121 Å². The molecule has 0 aromatic carbocycles. The number of nitrogens with one attached hydrogen (secondary N) is 1. The van der Waals surface area contributed by atoms with Gasteiger partial charge < -0.3 is 4.98 Å². The Balaban J connectivity index is 2.16. The third-order valence-electron chi connectivity index (χ3n) is 3.18. The molecule has 0 spiro atoms. The summed E-state index contributed by atoms with van der Waals surface area (Å²) in [7, 11) is 1.72. The number of hydrogen-bond acceptors (Lipinski definition) is 3. The number of nitrogens with zero attached hydrogens (tertiary/aromatic N) is 3. The van der Waals surface area contributed by atoms with Crippen molar-refractivity contribution in [2.24, 2.45) is 4.99 Å². The first-order valence-corrected chi connectivity index (χ1v) is 6.42. The molecule has 0 aliphatic rings. The van der Waals surface area contributed by atoms with Crippen LogP contribution in [0, 0.1) is 5.82 Å². The van der Waals surface area contributed by atoms with Crippen LogP contribution in [0.4, 0.5) is 4.39 Å². The quantitative estimate of drug-likeness (QED) is 0.747. The number of aliphatic imine (C=N–C) groups is 1. The van der Waals surface area contributed by atoms with Gasteiger partial charge in [0.05, 0.1) is 17.6 Å². The van der Waals surface area contributed by atoms with E-state index in [1.165, 1.54) is 12.3 Å². The molecule has 21 heavy (non-hydrogen) atoms. The van der Waals surface area contributed by atoms with E-state index in [9.17, 15) is 4.39 Å². The minimum atomic E-state index is -0.366. The second kappa shape index (κ2) is 5.28. The molecule has 0 radical (unpaired) electrons. The van der Waals surface area contributed by atoms with Gasteiger partial charge in [0.25, 0.3) is 0 Å². The zero-order chi connectivity index (χ0) is 14.8. The molecule has 0 aliphatic heterocycles. The second-order valence-electron chi connectivity index (χ2n) is 4.50. The van der Waals surface area contributed by atoms with E-state index in [0.29, 0.717) is 11.4 Å². The average molecular weight is 280 g/mol. The zero-order valence-electron chi connectivity index (χ0n) is 11.5. The van der Waals surface area contributed by atoms with E-state index in [1.54, 1.807) is 25.4 Å². The molecule has 0 atom stereocenters. The van der Waals surface area contributed by atoms with Gasteiger partial charge in [-0.15, -0.1) is 0 Å². The van der Waals surface area contributed by atoms with Gasteiger partial charge in [0.2, 0.25) is 0 Å². The van der Waals surface area contributed by atoms with Crippen molar-refractivity contribution in [1.82, 2.24) is 15.0 Å². The van der Waals surface area contributed by atoms with Crippen molar-refractivity contribution in [3.63, 3.8) is 0 Å². The maximum absolute atomic E-state index is 12.9. The first kappa shape index (κ1) is 13.2.